The van der Waals surface area contributed by atoms with Crippen molar-refractivity contribution < 1.29 is 0 Å². The Hall–Kier alpha value is -4.47. The molecule has 0 unspecified atom stereocenters. The van der Waals surface area contributed by atoms with Crippen molar-refractivity contribution in [2.24, 2.45) is 5.92 Å². The highest BCUT2D eigenvalue weighted by Gasteiger charge is 2.23. The van der Waals surface area contributed by atoms with E-state index in [2.05, 4.69) is 146 Å². The average Bonchev–Trinajstić information content (AvgIpc) is 3.58. The van der Waals surface area contributed by atoms with Gasteiger partial charge in [-0.05, 0) is 77.9 Å². The highest BCUT2D eigenvalue weighted by atomic mass is 32.1. The molecule has 0 atom stereocenters. The van der Waals surface area contributed by atoms with E-state index in [1.54, 1.807) is 11.3 Å². The molecule has 0 bridgehead atoms. The summed E-state index contributed by atoms with van der Waals surface area (Å²) in [7, 11) is 0. The molecule has 0 radical (unpaired) electrons. The SMILES string of the molecule is Cc1cc(-c2ccccc2)c(-n2c(-c3csc4ccc(CC(C)C)cc34)nc3ccccc32)c(-c2ccccc2)c1. The number of rotatable bonds is 6. The van der Waals surface area contributed by atoms with Gasteiger partial charge in [-0.3, -0.25) is 4.57 Å². The predicted molar refractivity (Wildman–Crippen MR) is 176 cm³/mol. The molecule has 0 aliphatic heterocycles. The first-order chi connectivity index (χ1) is 20.1. The van der Waals surface area contributed by atoms with Gasteiger partial charge >= 0.3 is 0 Å². The normalized spacial score (nSPS) is 11.6. The lowest BCUT2D eigenvalue weighted by atomic mass is 9.93. The number of hydrogen-bond donors (Lipinski definition) is 0. The average molecular weight is 549 g/mol. The minimum atomic E-state index is 0.605. The molecule has 0 saturated heterocycles. The number of aromatic nitrogens is 2. The first-order valence-corrected chi connectivity index (χ1v) is 15.2. The summed E-state index contributed by atoms with van der Waals surface area (Å²) in [6.07, 6.45) is 1.07. The van der Waals surface area contributed by atoms with Crippen LogP contribution in [0.25, 0.3) is 60.4 Å². The highest BCUT2D eigenvalue weighted by Crippen LogP contribution is 2.43. The van der Waals surface area contributed by atoms with E-state index in [1.807, 2.05) is 0 Å². The lowest BCUT2D eigenvalue weighted by molar-refractivity contribution is 0.648. The van der Waals surface area contributed by atoms with Crippen LogP contribution in [0.4, 0.5) is 0 Å². The van der Waals surface area contributed by atoms with Gasteiger partial charge in [0.15, 0.2) is 0 Å². The molecule has 0 aliphatic rings. The van der Waals surface area contributed by atoms with Crippen molar-refractivity contribution in [3.63, 3.8) is 0 Å². The molecule has 0 spiro atoms. The molecule has 2 aromatic heterocycles. The molecule has 200 valence electrons. The van der Waals surface area contributed by atoms with Gasteiger partial charge in [-0.2, -0.15) is 0 Å². The number of hydrogen-bond acceptors (Lipinski definition) is 2. The minimum absolute atomic E-state index is 0.605. The third kappa shape index (κ3) is 4.67. The Balaban J connectivity index is 1.60. The van der Waals surface area contributed by atoms with Crippen LogP contribution in [-0.4, -0.2) is 9.55 Å². The highest BCUT2D eigenvalue weighted by molar-refractivity contribution is 7.17. The van der Waals surface area contributed by atoms with E-state index in [1.165, 1.54) is 49.0 Å². The lowest BCUT2D eigenvalue weighted by Gasteiger charge is -2.20. The third-order valence-electron chi connectivity index (χ3n) is 7.73. The number of thiophene rings is 1. The summed E-state index contributed by atoms with van der Waals surface area (Å²) in [5.74, 6) is 1.59. The van der Waals surface area contributed by atoms with Crippen LogP contribution in [0.5, 0.6) is 0 Å². The topological polar surface area (TPSA) is 17.8 Å². The fourth-order valence-corrected chi connectivity index (χ4v) is 6.90. The molecule has 5 aromatic carbocycles. The Bertz CT molecular complexity index is 1930. The van der Waals surface area contributed by atoms with Crippen LogP contribution < -0.4 is 0 Å². The maximum absolute atomic E-state index is 5.33. The van der Waals surface area contributed by atoms with E-state index < -0.39 is 0 Å². The quantitative estimate of drug-likeness (QED) is 0.202. The summed E-state index contributed by atoms with van der Waals surface area (Å²) < 4.78 is 3.71. The fraction of sp³-hybridized carbons (Fsp3) is 0.132. The lowest BCUT2D eigenvalue weighted by Crippen LogP contribution is -2.03. The Morgan fingerprint density at radius 1 is 0.707 bits per heavy atom. The van der Waals surface area contributed by atoms with Crippen molar-refractivity contribution in [1.29, 1.82) is 0 Å². The standard InChI is InChI=1S/C38H32N2S/c1-25(2)20-27-18-19-36-32(23-27)33(24-41-36)38-39-34-16-10-11-17-35(34)40(38)37-30(28-12-6-4-7-13-28)21-26(3)22-31(37)29-14-8-5-9-15-29/h4-19,21-25H,20H2,1-3H3. The molecule has 0 aliphatic carbocycles. The van der Waals surface area contributed by atoms with Crippen LogP contribution in [0.15, 0.2) is 121 Å². The Morgan fingerprint density at radius 3 is 2.00 bits per heavy atom. The zero-order valence-corrected chi connectivity index (χ0v) is 24.5. The molecule has 7 aromatic rings. The molecule has 2 nitrogen and oxygen atoms in total. The largest absolute Gasteiger partial charge is 0.291 e. The van der Waals surface area contributed by atoms with Gasteiger partial charge in [0.2, 0.25) is 0 Å². The van der Waals surface area contributed by atoms with E-state index in [9.17, 15) is 0 Å². The second-order valence-electron chi connectivity index (χ2n) is 11.3. The number of para-hydroxylation sites is 2. The number of fused-ring (bicyclic) bond motifs is 2. The van der Waals surface area contributed by atoms with Crippen LogP contribution in [0.2, 0.25) is 0 Å². The molecule has 2 heterocycles. The molecular formula is C38H32N2S. The van der Waals surface area contributed by atoms with E-state index >= 15 is 0 Å². The monoisotopic (exact) mass is 548 g/mol. The second-order valence-corrected chi connectivity index (χ2v) is 12.2. The van der Waals surface area contributed by atoms with Crippen molar-refractivity contribution >= 4 is 32.5 Å². The molecule has 41 heavy (non-hydrogen) atoms. The number of nitrogens with zero attached hydrogens (tertiary/aromatic N) is 2. The van der Waals surface area contributed by atoms with Crippen LogP contribution in [0.1, 0.15) is 25.0 Å². The molecule has 0 N–H and O–H groups in total. The predicted octanol–water partition coefficient (Wildman–Crippen LogP) is 10.7. The van der Waals surface area contributed by atoms with Crippen molar-refractivity contribution in [3.05, 3.63) is 132 Å². The Kier molecular flexibility index (Phi) is 6.53. The van der Waals surface area contributed by atoms with Crippen LogP contribution >= 0.6 is 11.3 Å². The summed E-state index contributed by atoms with van der Waals surface area (Å²) in [5, 5.41) is 3.57. The van der Waals surface area contributed by atoms with E-state index in [4.69, 9.17) is 4.98 Å². The van der Waals surface area contributed by atoms with Crippen molar-refractivity contribution in [2.45, 2.75) is 27.2 Å². The molecule has 0 fully saturated rings. The van der Waals surface area contributed by atoms with Crippen molar-refractivity contribution in [3.8, 4) is 39.3 Å². The summed E-state index contributed by atoms with van der Waals surface area (Å²) in [5.41, 5.74) is 11.9. The Labute approximate surface area is 245 Å². The molecular weight excluding hydrogens is 516 g/mol. The zero-order chi connectivity index (χ0) is 27.9. The second kappa shape index (κ2) is 10.5. The van der Waals surface area contributed by atoms with E-state index in [0.29, 0.717) is 5.92 Å². The Morgan fingerprint density at radius 2 is 1.34 bits per heavy atom. The van der Waals surface area contributed by atoms with Crippen molar-refractivity contribution in [2.75, 3.05) is 0 Å². The van der Waals surface area contributed by atoms with Crippen LogP contribution in [-0.2, 0) is 6.42 Å². The minimum Gasteiger partial charge on any atom is -0.291 e. The van der Waals surface area contributed by atoms with Gasteiger partial charge in [-0.15, -0.1) is 11.3 Å². The first-order valence-electron chi connectivity index (χ1n) is 14.3. The van der Waals surface area contributed by atoms with E-state index in [0.717, 1.165) is 29.0 Å². The van der Waals surface area contributed by atoms with Gasteiger partial charge in [-0.1, -0.05) is 92.7 Å². The summed E-state index contributed by atoms with van der Waals surface area (Å²) in [6.45, 7) is 6.76. The van der Waals surface area contributed by atoms with Crippen molar-refractivity contribution in [1.82, 2.24) is 9.55 Å². The van der Waals surface area contributed by atoms with Gasteiger partial charge in [0.25, 0.3) is 0 Å². The number of benzene rings is 5. The summed E-state index contributed by atoms with van der Waals surface area (Å²) in [6, 6.07) is 41.6. The molecule has 0 saturated carbocycles. The van der Waals surface area contributed by atoms with Crippen LogP contribution in [0.3, 0.4) is 0 Å². The van der Waals surface area contributed by atoms with Gasteiger partial charge in [0, 0.05) is 32.2 Å². The smallest absolute Gasteiger partial charge is 0.147 e. The van der Waals surface area contributed by atoms with E-state index in [-0.39, 0.29) is 0 Å². The summed E-state index contributed by atoms with van der Waals surface area (Å²) >= 11 is 1.80. The maximum Gasteiger partial charge on any atom is 0.147 e. The zero-order valence-electron chi connectivity index (χ0n) is 23.6. The third-order valence-corrected chi connectivity index (χ3v) is 8.69. The first kappa shape index (κ1) is 25.5. The number of imidazole rings is 1. The van der Waals surface area contributed by atoms with Crippen LogP contribution in [0, 0.1) is 12.8 Å². The van der Waals surface area contributed by atoms with Gasteiger partial charge in [0.05, 0.1) is 16.7 Å². The van der Waals surface area contributed by atoms with Gasteiger partial charge in [0.1, 0.15) is 5.82 Å². The van der Waals surface area contributed by atoms with Gasteiger partial charge < -0.3 is 0 Å². The fourth-order valence-electron chi connectivity index (χ4n) is 5.98. The summed E-state index contributed by atoms with van der Waals surface area (Å²) in [4.78, 5) is 5.33. The van der Waals surface area contributed by atoms with Gasteiger partial charge in [-0.25, -0.2) is 4.98 Å². The number of aryl methyl sites for hydroxylation is 1. The molecule has 0 amide bonds. The maximum atomic E-state index is 5.33. The molecule has 7 rings (SSSR count). The molecule has 3 heteroatoms.